The molecule has 0 atom stereocenters. The Labute approximate surface area is 124 Å². The van der Waals surface area contributed by atoms with Crippen molar-refractivity contribution in [1.82, 2.24) is 0 Å². The van der Waals surface area contributed by atoms with Crippen LogP contribution in [-0.4, -0.2) is 33.0 Å². The van der Waals surface area contributed by atoms with E-state index in [0.717, 1.165) is 6.26 Å². The lowest BCUT2D eigenvalue weighted by atomic mass is 9.91. The van der Waals surface area contributed by atoms with Crippen LogP contribution in [0.15, 0.2) is 24.3 Å². The Morgan fingerprint density at radius 1 is 1.19 bits per heavy atom. The summed E-state index contributed by atoms with van der Waals surface area (Å²) < 4.78 is 29.7. The summed E-state index contributed by atoms with van der Waals surface area (Å²) in [6.07, 6.45) is 0.984. The highest BCUT2D eigenvalue weighted by Crippen LogP contribution is 2.19. The molecule has 0 aromatic heterocycles. The number of para-hydroxylation sites is 1. The van der Waals surface area contributed by atoms with Crippen molar-refractivity contribution in [3.05, 3.63) is 29.8 Å². The Balaban J connectivity index is 2.86. The minimum Gasteiger partial charge on any atom is -0.454 e. The number of hydrogen-bond acceptors (Lipinski definition) is 5. The van der Waals surface area contributed by atoms with Gasteiger partial charge in [-0.05, 0) is 12.1 Å². The zero-order valence-electron chi connectivity index (χ0n) is 12.5. The second-order valence-electron chi connectivity index (χ2n) is 5.67. The number of Topliss-reactive ketones (excluding diaryl/α,β-unsaturated/α-hetero) is 1. The quantitative estimate of drug-likeness (QED) is 0.838. The van der Waals surface area contributed by atoms with Gasteiger partial charge in [0.15, 0.2) is 12.4 Å². The van der Waals surface area contributed by atoms with Gasteiger partial charge in [-0.15, -0.1) is 0 Å². The number of sulfonamides is 1. The molecule has 0 spiro atoms. The molecule has 1 N–H and O–H groups in total. The first-order valence-corrected chi connectivity index (χ1v) is 8.17. The molecule has 1 rings (SSSR count). The molecule has 0 radical (unpaired) electrons. The first kappa shape index (κ1) is 17.2. The fourth-order valence-electron chi connectivity index (χ4n) is 1.38. The zero-order valence-corrected chi connectivity index (χ0v) is 13.3. The smallest absolute Gasteiger partial charge is 0.340 e. The average molecular weight is 313 g/mol. The van der Waals surface area contributed by atoms with E-state index >= 15 is 0 Å². The minimum atomic E-state index is -3.51. The summed E-state index contributed by atoms with van der Waals surface area (Å²) in [5, 5.41) is 0. The lowest BCUT2D eigenvalue weighted by Crippen LogP contribution is -2.26. The molecule has 0 heterocycles. The van der Waals surface area contributed by atoms with Gasteiger partial charge in [-0.25, -0.2) is 13.2 Å². The third-order valence-electron chi connectivity index (χ3n) is 2.61. The molecular weight excluding hydrogens is 294 g/mol. The monoisotopic (exact) mass is 313 g/mol. The van der Waals surface area contributed by atoms with Crippen LogP contribution in [0, 0.1) is 5.41 Å². The van der Waals surface area contributed by atoms with Crippen molar-refractivity contribution in [2.45, 2.75) is 20.8 Å². The fourth-order valence-corrected chi connectivity index (χ4v) is 1.95. The largest absolute Gasteiger partial charge is 0.454 e. The van der Waals surface area contributed by atoms with Crippen LogP contribution in [0.3, 0.4) is 0 Å². The maximum atomic E-state index is 12.0. The van der Waals surface area contributed by atoms with Crippen molar-refractivity contribution in [1.29, 1.82) is 0 Å². The molecule has 0 unspecified atom stereocenters. The predicted octanol–water partition coefficient (Wildman–Crippen LogP) is 1.83. The molecule has 21 heavy (non-hydrogen) atoms. The number of hydrogen-bond donors (Lipinski definition) is 1. The minimum absolute atomic E-state index is 0.0598. The van der Waals surface area contributed by atoms with Gasteiger partial charge in [0.1, 0.15) is 0 Å². The maximum absolute atomic E-state index is 12.0. The molecule has 0 aliphatic rings. The van der Waals surface area contributed by atoms with E-state index in [-0.39, 0.29) is 23.6 Å². The zero-order chi connectivity index (χ0) is 16.3. The first-order chi connectivity index (χ1) is 9.50. The summed E-state index contributed by atoms with van der Waals surface area (Å²) in [6.45, 7) is 4.82. The van der Waals surface area contributed by atoms with Crippen LogP contribution in [0.25, 0.3) is 0 Å². The Morgan fingerprint density at radius 2 is 1.76 bits per heavy atom. The second-order valence-corrected chi connectivity index (χ2v) is 7.42. The van der Waals surface area contributed by atoms with E-state index in [2.05, 4.69) is 4.72 Å². The lowest BCUT2D eigenvalue weighted by molar-refractivity contribution is -0.129. The summed E-state index contributed by atoms with van der Waals surface area (Å²) in [5.74, 6) is -0.969. The van der Waals surface area contributed by atoms with Crippen LogP contribution in [-0.2, 0) is 19.6 Å². The van der Waals surface area contributed by atoms with Gasteiger partial charge in [-0.2, -0.15) is 0 Å². The maximum Gasteiger partial charge on any atom is 0.340 e. The van der Waals surface area contributed by atoms with Crippen LogP contribution in [0.4, 0.5) is 5.69 Å². The SMILES string of the molecule is CC(C)(C)C(=O)COC(=O)c1ccccc1NS(C)(=O)=O. The van der Waals surface area contributed by atoms with E-state index in [1.807, 2.05) is 0 Å². The number of benzene rings is 1. The number of anilines is 1. The van der Waals surface area contributed by atoms with Crippen molar-refractivity contribution in [2.75, 3.05) is 17.6 Å². The number of nitrogens with one attached hydrogen (secondary N) is 1. The number of ether oxygens (including phenoxy) is 1. The molecule has 0 fully saturated rings. The number of carbonyl (C=O) groups excluding carboxylic acids is 2. The normalized spacial score (nSPS) is 11.8. The van der Waals surface area contributed by atoms with Gasteiger partial charge in [0.25, 0.3) is 0 Å². The Kier molecular flexibility index (Phi) is 5.11. The van der Waals surface area contributed by atoms with Crippen LogP contribution in [0.2, 0.25) is 0 Å². The predicted molar refractivity (Wildman–Crippen MR) is 79.7 cm³/mol. The number of ketones is 1. The van der Waals surface area contributed by atoms with Gasteiger partial charge < -0.3 is 4.74 Å². The van der Waals surface area contributed by atoms with Crippen molar-refractivity contribution in [3.63, 3.8) is 0 Å². The number of rotatable bonds is 5. The Morgan fingerprint density at radius 3 is 2.29 bits per heavy atom. The lowest BCUT2D eigenvalue weighted by Gasteiger charge is -2.16. The van der Waals surface area contributed by atoms with E-state index in [9.17, 15) is 18.0 Å². The van der Waals surface area contributed by atoms with E-state index in [0.29, 0.717) is 0 Å². The second kappa shape index (κ2) is 6.26. The van der Waals surface area contributed by atoms with Gasteiger partial charge in [-0.1, -0.05) is 32.9 Å². The van der Waals surface area contributed by atoms with Crippen LogP contribution >= 0.6 is 0 Å². The first-order valence-electron chi connectivity index (χ1n) is 6.28. The fraction of sp³-hybridized carbons (Fsp3) is 0.429. The molecule has 7 heteroatoms. The van der Waals surface area contributed by atoms with Gasteiger partial charge >= 0.3 is 5.97 Å². The van der Waals surface area contributed by atoms with Crippen LogP contribution in [0.5, 0.6) is 0 Å². The average Bonchev–Trinajstić information content (AvgIpc) is 2.33. The van der Waals surface area contributed by atoms with Gasteiger partial charge in [0.2, 0.25) is 10.0 Å². The Hall–Kier alpha value is -1.89. The molecule has 0 aliphatic heterocycles. The number of carbonyl (C=O) groups is 2. The standard InChI is InChI=1S/C14H19NO5S/c1-14(2,3)12(16)9-20-13(17)10-7-5-6-8-11(10)15-21(4,18)19/h5-8,15H,9H2,1-4H3. The van der Waals surface area contributed by atoms with Crippen molar-refractivity contribution < 1.29 is 22.7 Å². The summed E-state index contributed by atoms with van der Waals surface area (Å²) >= 11 is 0. The molecule has 6 nitrogen and oxygen atoms in total. The molecule has 116 valence electrons. The molecule has 1 aromatic carbocycles. The molecule has 0 amide bonds. The highest BCUT2D eigenvalue weighted by Gasteiger charge is 2.23. The summed E-state index contributed by atoms with van der Waals surface area (Å²) in [6, 6.07) is 6.04. The van der Waals surface area contributed by atoms with Crippen LogP contribution in [0.1, 0.15) is 31.1 Å². The Bertz CT molecular complexity index is 644. The molecular formula is C14H19NO5S. The van der Waals surface area contributed by atoms with Crippen LogP contribution < -0.4 is 4.72 Å². The molecule has 0 bridgehead atoms. The topological polar surface area (TPSA) is 89.5 Å². The van der Waals surface area contributed by atoms with Crippen molar-refractivity contribution >= 4 is 27.5 Å². The third-order valence-corrected chi connectivity index (χ3v) is 3.20. The molecule has 1 aromatic rings. The van der Waals surface area contributed by atoms with Crippen molar-refractivity contribution in [2.24, 2.45) is 5.41 Å². The van der Waals surface area contributed by atoms with E-state index in [1.54, 1.807) is 32.9 Å². The molecule has 0 saturated heterocycles. The molecule has 0 aliphatic carbocycles. The van der Waals surface area contributed by atoms with Gasteiger partial charge in [0, 0.05) is 5.41 Å². The van der Waals surface area contributed by atoms with Crippen molar-refractivity contribution in [3.8, 4) is 0 Å². The highest BCUT2D eigenvalue weighted by molar-refractivity contribution is 7.92. The summed E-state index contributed by atoms with van der Waals surface area (Å²) in [7, 11) is -3.51. The summed E-state index contributed by atoms with van der Waals surface area (Å²) in [5.41, 5.74) is -0.428. The number of esters is 1. The third kappa shape index (κ3) is 5.55. The van der Waals surface area contributed by atoms with E-state index in [1.165, 1.54) is 12.1 Å². The molecule has 0 saturated carbocycles. The van der Waals surface area contributed by atoms with E-state index in [4.69, 9.17) is 4.74 Å². The highest BCUT2D eigenvalue weighted by atomic mass is 32.2. The van der Waals surface area contributed by atoms with E-state index < -0.39 is 21.4 Å². The van der Waals surface area contributed by atoms with Gasteiger partial charge in [0.05, 0.1) is 17.5 Å². The summed E-state index contributed by atoms with van der Waals surface area (Å²) in [4.78, 5) is 23.7. The van der Waals surface area contributed by atoms with Gasteiger partial charge in [-0.3, -0.25) is 9.52 Å².